The topological polar surface area (TPSA) is 90.2 Å². The fraction of sp³-hybridized carbons (Fsp3) is 0.417. The maximum absolute atomic E-state index is 12.1. The predicted octanol–water partition coefficient (Wildman–Crippen LogP) is 1.26. The SMILES string of the molecule is N#Cc1ccc(Cl)c(S(=O)(=O)NCC(O)C2CC2)c1. The van der Waals surface area contributed by atoms with E-state index >= 15 is 0 Å². The molecule has 0 bridgehead atoms. The number of nitrogens with zero attached hydrogens (tertiary/aromatic N) is 1. The maximum Gasteiger partial charge on any atom is 0.242 e. The first-order valence-corrected chi connectivity index (χ1v) is 7.67. The third kappa shape index (κ3) is 3.45. The van der Waals surface area contributed by atoms with E-state index in [2.05, 4.69) is 4.72 Å². The Bertz CT molecular complexity index is 620. The van der Waals surface area contributed by atoms with Gasteiger partial charge in [-0.25, -0.2) is 13.1 Å². The minimum absolute atomic E-state index is 0.0416. The van der Waals surface area contributed by atoms with E-state index in [9.17, 15) is 13.5 Å². The van der Waals surface area contributed by atoms with Crippen molar-refractivity contribution < 1.29 is 13.5 Å². The van der Waals surface area contributed by atoms with E-state index in [1.807, 2.05) is 6.07 Å². The molecule has 0 radical (unpaired) electrons. The third-order valence-electron chi connectivity index (χ3n) is 3.00. The number of benzene rings is 1. The molecule has 0 saturated heterocycles. The molecular weight excluding hydrogens is 288 g/mol. The molecule has 1 aliphatic carbocycles. The fourth-order valence-corrected chi connectivity index (χ4v) is 3.27. The Labute approximate surface area is 116 Å². The second kappa shape index (κ2) is 5.47. The zero-order chi connectivity index (χ0) is 14.0. The van der Waals surface area contributed by atoms with Gasteiger partial charge in [-0.15, -0.1) is 0 Å². The number of nitriles is 1. The van der Waals surface area contributed by atoms with Crippen LogP contribution in [0.5, 0.6) is 0 Å². The highest BCUT2D eigenvalue weighted by Gasteiger charge is 2.30. The van der Waals surface area contributed by atoms with Crippen LogP contribution in [-0.4, -0.2) is 26.2 Å². The molecule has 0 spiro atoms. The van der Waals surface area contributed by atoms with Crippen LogP contribution in [0.4, 0.5) is 0 Å². The van der Waals surface area contributed by atoms with E-state index in [4.69, 9.17) is 16.9 Å². The van der Waals surface area contributed by atoms with Crippen LogP contribution in [0, 0.1) is 17.2 Å². The highest BCUT2D eigenvalue weighted by atomic mass is 35.5. The second-order valence-electron chi connectivity index (χ2n) is 4.51. The number of hydrogen-bond donors (Lipinski definition) is 2. The number of aliphatic hydroxyl groups excluding tert-OH is 1. The van der Waals surface area contributed by atoms with Crippen LogP contribution in [0.1, 0.15) is 18.4 Å². The zero-order valence-electron chi connectivity index (χ0n) is 10.0. The van der Waals surface area contributed by atoms with Crippen LogP contribution >= 0.6 is 11.6 Å². The van der Waals surface area contributed by atoms with Gasteiger partial charge in [0.2, 0.25) is 10.0 Å². The van der Waals surface area contributed by atoms with Crippen LogP contribution in [-0.2, 0) is 10.0 Å². The van der Waals surface area contributed by atoms with Gasteiger partial charge in [-0.2, -0.15) is 5.26 Å². The summed E-state index contributed by atoms with van der Waals surface area (Å²) in [6, 6.07) is 5.89. The van der Waals surface area contributed by atoms with Crippen molar-refractivity contribution in [2.75, 3.05) is 6.54 Å². The van der Waals surface area contributed by atoms with Crippen LogP contribution < -0.4 is 4.72 Å². The predicted molar refractivity (Wildman–Crippen MR) is 70.1 cm³/mol. The number of hydrogen-bond acceptors (Lipinski definition) is 4. The van der Waals surface area contributed by atoms with Gasteiger partial charge >= 0.3 is 0 Å². The van der Waals surface area contributed by atoms with Gasteiger partial charge in [0.15, 0.2) is 0 Å². The summed E-state index contributed by atoms with van der Waals surface area (Å²) in [6.45, 7) is -0.0416. The summed E-state index contributed by atoms with van der Waals surface area (Å²) in [6.07, 6.45) is 1.17. The minimum atomic E-state index is -3.82. The summed E-state index contributed by atoms with van der Waals surface area (Å²) < 4.78 is 26.4. The molecule has 7 heteroatoms. The lowest BCUT2D eigenvalue weighted by atomic mass is 10.2. The van der Waals surface area contributed by atoms with E-state index in [0.717, 1.165) is 12.8 Å². The summed E-state index contributed by atoms with van der Waals surface area (Å²) in [4.78, 5) is -0.142. The van der Waals surface area contributed by atoms with Gasteiger partial charge in [0.05, 0.1) is 22.8 Å². The summed E-state index contributed by atoms with van der Waals surface area (Å²) in [7, 11) is -3.82. The molecule has 0 aliphatic heterocycles. The highest BCUT2D eigenvalue weighted by Crippen LogP contribution is 2.32. The number of halogens is 1. The Hall–Kier alpha value is -1.13. The molecule has 1 fully saturated rings. The highest BCUT2D eigenvalue weighted by molar-refractivity contribution is 7.89. The van der Waals surface area contributed by atoms with Crippen molar-refractivity contribution in [3.8, 4) is 6.07 Å². The monoisotopic (exact) mass is 300 g/mol. The summed E-state index contributed by atoms with van der Waals surface area (Å²) in [5.74, 6) is 0.184. The van der Waals surface area contributed by atoms with Crippen molar-refractivity contribution in [2.45, 2.75) is 23.8 Å². The van der Waals surface area contributed by atoms with Gasteiger partial charge in [0, 0.05) is 6.54 Å². The Kier molecular flexibility index (Phi) is 4.11. The quantitative estimate of drug-likeness (QED) is 0.856. The third-order valence-corrected chi connectivity index (χ3v) is 4.90. The smallest absolute Gasteiger partial charge is 0.242 e. The second-order valence-corrected chi connectivity index (χ2v) is 6.66. The molecule has 0 heterocycles. The molecule has 2 rings (SSSR count). The Morgan fingerprint density at radius 3 is 2.79 bits per heavy atom. The minimum Gasteiger partial charge on any atom is -0.391 e. The van der Waals surface area contributed by atoms with Crippen LogP contribution in [0.2, 0.25) is 5.02 Å². The van der Waals surface area contributed by atoms with Crippen molar-refractivity contribution in [3.05, 3.63) is 28.8 Å². The van der Waals surface area contributed by atoms with Gasteiger partial charge in [0.25, 0.3) is 0 Å². The Morgan fingerprint density at radius 2 is 2.21 bits per heavy atom. The van der Waals surface area contributed by atoms with E-state index in [-0.39, 0.29) is 27.9 Å². The first kappa shape index (κ1) is 14.3. The number of rotatable bonds is 5. The lowest BCUT2D eigenvalue weighted by Crippen LogP contribution is -2.33. The van der Waals surface area contributed by atoms with Crippen LogP contribution in [0.15, 0.2) is 23.1 Å². The standard InChI is InChI=1S/C12H13ClN2O3S/c13-10-4-1-8(6-14)5-12(10)19(17,18)15-7-11(16)9-2-3-9/h1,4-5,9,11,15-16H,2-3,7H2. The molecule has 1 unspecified atom stereocenters. The van der Waals surface area contributed by atoms with Gasteiger partial charge < -0.3 is 5.11 Å². The lowest BCUT2D eigenvalue weighted by molar-refractivity contribution is 0.155. The van der Waals surface area contributed by atoms with Crippen LogP contribution in [0.25, 0.3) is 0 Å². The maximum atomic E-state index is 12.1. The van der Waals surface area contributed by atoms with Crippen molar-refractivity contribution in [1.82, 2.24) is 4.72 Å². The van der Waals surface area contributed by atoms with Crippen LogP contribution in [0.3, 0.4) is 0 Å². The average molecular weight is 301 g/mol. The zero-order valence-corrected chi connectivity index (χ0v) is 11.6. The molecule has 1 saturated carbocycles. The molecule has 102 valence electrons. The van der Waals surface area contributed by atoms with E-state index < -0.39 is 16.1 Å². The van der Waals surface area contributed by atoms with Gasteiger partial charge in [-0.1, -0.05) is 11.6 Å². The van der Waals surface area contributed by atoms with E-state index in [1.54, 1.807) is 0 Å². The van der Waals surface area contributed by atoms with Crippen molar-refractivity contribution in [2.24, 2.45) is 5.92 Å². The Balaban J connectivity index is 2.16. The molecule has 1 aliphatic rings. The number of aliphatic hydroxyl groups is 1. The molecule has 1 aromatic rings. The first-order chi connectivity index (χ1) is 8.94. The lowest BCUT2D eigenvalue weighted by Gasteiger charge is -2.12. The first-order valence-electron chi connectivity index (χ1n) is 5.81. The largest absolute Gasteiger partial charge is 0.391 e. The average Bonchev–Trinajstić information content (AvgIpc) is 3.20. The van der Waals surface area contributed by atoms with Gasteiger partial charge in [0.1, 0.15) is 4.90 Å². The molecule has 5 nitrogen and oxygen atoms in total. The Morgan fingerprint density at radius 1 is 1.53 bits per heavy atom. The van der Waals surface area contributed by atoms with E-state index in [1.165, 1.54) is 18.2 Å². The number of nitrogens with one attached hydrogen (secondary N) is 1. The van der Waals surface area contributed by atoms with E-state index in [0.29, 0.717) is 0 Å². The van der Waals surface area contributed by atoms with Crippen molar-refractivity contribution in [1.29, 1.82) is 5.26 Å². The van der Waals surface area contributed by atoms with Crippen molar-refractivity contribution >= 4 is 21.6 Å². The molecule has 1 atom stereocenters. The summed E-state index contributed by atoms with van der Waals surface area (Å²) in [5.41, 5.74) is 0.215. The van der Waals surface area contributed by atoms with Gasteiger partial charge in [-0.3, -0.25) is 0 Å². The summed E-state index contributed by atoms with van der Waals surface area (Å²) >= 11 is 5.84. The fourth-order valence-electron chi connectivity index (χ4n) is 1.70. The molecule has 2 N–H and O–H groups in total. The normalized spacial score (nSPS) is 16.9. The molecule has 19 heavy (non-hydrogen) atoms. The van der Waals surface area contributed by atoms with Crippen molar-refractivity contribution in [3.63, 3.8) is 0 Å². The molecular formula is C12H13ClN2O3S. The van der Waals surface area contributed by atoms with Gasteiger partial charge in [-0.05, 0) is 37.0 Å². The molecule has 1 aromatic carbocycles. The molecule has 0 amide bonds. The summed E-state index contributed by atoms with van der Waals surface area (Å²) in [5, 5.41) is 18.5. The number of sulfonamides is 1. The molecule has 0 aromatic heterocycles.